The fourth-order valence-electron chi connectivity index (χ4n) is 2.76. The highest BCUT2D eigenvalue weighted by atomic mass is 19.1. The zero-order valence-corrected chi connectivity index (χ0v) is 15.0. The molecule has 0 aliphatic carbocycles. The first-order valence-corrected chi connectivity index (χ1v) is 8.64. The average molecular weight is 365 g/mol. The third kappa shape index (κ3) is 4.67. The summed E-state index contributed by atoms with van der Waals surface area (Å²) in [5.74, 6) is -0.309. The monoisotopic (exact) mass is 365 g/mol. The number of carbonyl (C=O) groups excluding carboxylic acids is 1. The zero-order chi connectivity index (χ0) is 19.1. The van der Waals surface area contributed by atoms with Gasteiger partial charge in [-0.3, -0.25) is 4.79 Å². The SMILES string of the molecule is COc1cccc(-c2ccc(CCCNC(=O)c3cncnc3)cc2)c1F. The molecule has 0 bridgehead atoms. The minimum absolute atomic E-state index is 0.181. The van der Waals surface area contributed by atoms with Crippen LogP contribution in [0.15, 0.2) is 61.2 Å². The van der Waals surface area contributed by atoms with Crippen LogP contribution in [-0.4, -0.2) is 29.5 Å². The molecular weight excluding hydrogens is 345 g/mol. The summed E-state index contributed by atoms with van der Waals surface area (Å²) in [6.45, 7) is 0.556. The lowest BCUT2D eigenvalue weighted by Crippen LogP contribution is -2.25. The number of carbonyl (C=O) groups is 1. The zero-order valence-electron chi connectivity index (χ0n) is 15.0. The topological polar surface area (TPSA) is 64.1 Å². The minimum Gasteiger partial charge on any atom is -0.494 e. The van der Waals surface area contributed by atoms with Gasteiger partial charge in [0.05, 0.1) is 12.7 Å². The lowest BCUT2D eigenvalue weighted by molar-refractivity contribution is 0.0952. The summed E-state index contributed by atoms with van der Waals surface area (Å²) in [6, 6.07) is 12.8. The molecule has 5 nitrogen and oxygen atoms in total. The maximum Gasteiger partial charge on any atom is 0.254 e. The number of rotatable bonds is 7. The van der Waals surface area contributed by atoms with E-state index in [9.17, 15) is 9.18 Å². The third-order valence-corrected chi connectivity index (χ3v) is 4.20. The molecule has 27 heavy (non-hydrogen) atoms. The summed E-state index contributed by atoms with van der Waals surface area (Å²) in [4.78, 5) is 19.6. The second-order valence-corrected chi connectivity index (χ2v) is 6.01. The summed E-state index contributed by atoms with van der Waals surface area (Å²) >= 11 is 0. The first kappa shape index (κ1) is 18.5. The molecule has 0 atom stereocenters. The molecular formula is C21H20FN3O2. The van der Waals surface area contributed by atoms with Crippen molar-refractivity contribution in [2.24, 2.45) is 0 Å². The van der Waals surface area contributed by atoms with Crippen LogP contribution >= 0.6 is 0 Å². The Balaban J connectivity index is 1.53. The molecule has 0 spiro atoms. The Morgan fingerprint density at radius 3 is 2.56 bits per heavy atom. The number of nitrogens with one attached hydrogen (secondary N) is 1. The Bertz CT molecular complexity index is 899. The molecule has 1 heterocycles. The number of halogens is 1. The van der Waals surface area contributed by atoms with Crippen LogP contribution in [0.5, 0.6) is 5.75 Å². The summed E-state index contributed by atoms with van der Waals surface area (Å²) in [5, 5.41) is 2.84. The normalized spacial score (nSPS) is 10.4. The molecule has 1 aromatic heterocycles. The smallest absolute Gasteiger partial charge is 0.254 e. The van der Waals surface area contributed by atoms with Crippen molar-refractivity contribution in [1.82, 2.24) is 15.3 Å². The second-order valence-electron chi connectivity index (χ2n) is 6.01. The Kier molecular flexibility index (Phi) is 6.10. The second kappa shape index (κ2) is 8.89. The molecule has 1 amide bonds. The van der Waals surface area contributed by atoms with Gasteiger partial charge in [0.25, 0.3) is 5.91 Å². The van der Waals surface area contributed by atoms with Crippen molar-refractivity contribution in [2.75, 3.05) is 13.7 Å². The van der Waals surface area contributed by atoms with Crippen molar-refractivity contribution in [3.05, 3.63) is 78.1 Å². The van der Waals surface area contributed by atoms with Gasteiger partial charge in [-0.1, -0.05) is 36.4 Å². The van der Waals surface area contributed by atoms with E-state index in [1.54, 1.807) is 18.2 Å². The van der Waals surface area contributed by atoms with Gasteiger partial charge in [-0.15, -0.1) is 0 Å². The fraction of sp³-hybridized carbons (Fsp3) is 0.190. The molecule has 2 aromatic carbocycles. The van der Waals surface area contributed by atoms with Crippen molar-refractivity contribution in [3.8, 4) is 16.9 Å². The van der Waals surface area contributed by atoms with Crippen molar-refractivity contribution in [3.63, 3.8) is 0 Å². The van der Waals surface area contributed by atoms with Crippen LogP contribution < -0.4 is 10.1 Å². The number of methoxy groups -OCH3 is 1. The third-order valence-electron chi connectivity index (χ3n) is 4.20. The van der Waals surface area contributed by atoms with Crippen molar-refractivity contribution < 1.29 is 13.9 Å². The molecule has 1 N–H and O–H groups in total. The van der Waals surface area contributed by atoms with E-state index in [4.69, 9.17) is 4.74 Å². The summed E-state index contributed by atoms with van der Waals surface area (Å²) in [5.41, 5.74) is 2.88. The molecule has 6 heteroatoms. The predicted octanol–water partition coefficient (Wildman–Crippen LogP) is 3.65. The molecule has 0 radical (unpaired) electrons. The van der Waals surface area contributed by atoms with Gasteiger partial charge in [0.15, 0.2) is 11.6 Å². The van der Waals surface area contributed by atoms with Crippen LogP contribution in [0.3, 0.4) is 0 Å². The van der Waals surface area contributed by atoms with Gasteiger partial charge in [-0.25, -0.2) is 14.4 Å². The highest BCUT2D eigenvalue weighted by Gasteiger charge is 2.10. The molecule has 0 fully saturated rings. The average Bonchev–Trinajstić information content (AvgIpc) is 2.72. The van der Waals surface area contributed by atoms with Gasteiger partial charge in [0, 0.05) is 24.5 Å². The van der Waals surface area contributed by atoms with E-state index in [1.165, 1.54) is 25.8 Å². The van der Waals surface area contributed by atoms with Crippen molar-refractivity contribution in [2.45, 2.75) is 12.8 Å². The van der Waals surface area contributed by atoms with E-state index in [0.29, 0.717) is 17.7 Å². The van der Waals surface area contributed by atoms with Crippen molar-refractivity contribution in [1.29, 1.82) is 0 Å². The molecule has 3 rings (SSSR count). The molecule has 3 aromatic rings. The van der Waals surface area contributed by atoms with E-state index in [0.717, 1.165) is 24.0 Å². The first-order valence-electron chi connectivity index (χ1n) is 8.64. The number of ether oxygens (including phenoxy) is 1. The highest BCUT2D eigenvalue weighted by Crippen LogP contribution is 2.29. The van der Waals surface area contributed by atoms with E-state index < -0.39 is 0 Å². The Morgan fingerprint density at radius 2 is 1.85 bits per heavy atom. The van der Waals surface area contributed by atoms with Gasteiger partial charge >= 0.3 is 0 Å². The molecule has 0 aliphatic heterocycles. The fourth-order valence-corrected chi connectivity index (χ4v) is 2.76. The molecule has 0 saturated carbocycles. The summed E-state index contributed by atoms with van der Waals surface area (Å²) < 4.78 is 19.4. The van der Waals surface area contributed by atoms with Crippen LogP contribution in [0, 0.1) is 5.82 Å². The molecule has 0 saturated heterocycles. The van der Waals surface area contributed by atoms with Gasteiger partial charge in [-0.2, -0.15) is 0 Å². The van der Waals surface area contributed by atoms with Gasteiger partial charge in [0.2, 0.25) is 0 Å². The largest absolute Gasteiger partial charge is 0.494 e. The van der Waals surface area contributed by atoms with E-state index in [2.05, 4.69) is 15.3 Å². The van der Waals surface area contributed by atoms with Gasteiger partial charge in [0.1, 0.15) is 6.33 Å². The van der Waals surface area contributed by atoms with Crippen molar-refractivity contribution >= 4 is 5.91 Å². The van der Waals surface area contributed by atoms with E-state index in [-0.39, 0.29) is 17.5 Å². The maximum atomic E-state index is 14.3. The number of aromatic nitrogens is 2. The number of hydrogen-bond donors (Lipinski definition) is 1. The van der Waals surface area contributed by atoms with Crippen LogP contribution in [-0.2, 0) is 6.42 Å². The Hall–Kier alpha value is -3.28. The number of amides is 1. The standard InChI is InChI=1S/C21H20FN3O2/c1-27-19-6-2-5-18(20(19)22)16-9-7-15(8-10-16)4-3-11-25-21(26)17-12-23-14-24-13-17/h2,5-10,12-14H,3-4,11H2,1H3,(H,25,26). The lowest BCUT2D eigenvalue weighted by Gasteiger charge is -2.09. The summed E-state index contributed by atoms with van der Waals surface area (Å²) in [6.07, 6.45) is 5.97. The lowest BCUT2D eigenvalue weighted by atomic mass is 10.0. The number of aryl methyl sites for hydroxylation is 1. The number of hydrogen-bond acceptors (Lipinski definition) is 4. The van der Waals surface area contributed by atoms with Crippen LogP contribution in [0.4, 0.5) is 4.39 Å². The Labute approximate surface area is 157 Å². The van der Waals surface area contributed by atoms with Crippen LogP contribution in [0.1, 0.15) is 22.3 Å². The van der Waals surface area contributed by atoms with Gasteiger partial charge in [-0.05, 0) is 30.0 Å². The number of nitrogens with zero attached hydrogens (tertiary/aromatic N) is 2. The maximum absolute atomic E-state index is 14.3. The first-order chi connectivity index (χ1) is 13.2. The quantitative estimate of drug-likeness (QED) is 0.649. The van der Waals surface area contributed by atoms with Gasteiger partial charge < -0.3 is 10.1 Å². The van der Waals surface area contributed by atoms with E-state index in [1.807, 2.05) is 24.3 Å². The summed E-state index contributed by atoms with van der Waals surface area (Å²) in [7, 11) is 1.45. The molecule has 0 unspecified atom stereocenters. The Morgan fingerprint density at radius 1 is 1.11 bits per heavy atom. The van der Waals surface area contributed by atoms with Crippen LogP contribution in [0.25, 0.3) is 11.1 Å². The minimum atomic E-state index is -0.361. The molecule has 0 aliphatic rings. The van der Waals surface area contributed by atoms with E-state index >= 15 is 0 Å². The highest BCUT2D eigenvalue weighted by molar-refractivity contribution is 5.93. The predicted molar refractivity (Wildman–Crippen MR) is 101 cm³/mol. The number of benzene rings is 2. The molecule has 138 valence electrons. The van der Waals surface area contributed by atoms with Crippen LogP contribution in [0.2, 0.25) is 0 Å².